The van der Waals surface area contributed by atoms with Gasteiger partial charge in [-0.3, -0.25) is 4.79 Å². The van der Waals surface area contributed by atoms with E-state index in [1.54, 1.807) is 0 Å². The number of rotatable bonds is 2. The van der Waals surface area contributed by atoms with E-state index >= 15 is 0 Å². The van der Waals surface area contributed by atoms with Crippen LogP contribution in [0.2, 0.25) is 0 Å². The minimum atomic E-state index is -0.0487. The first kappa shape index (κ1) is 12.5. The molecule has 1 aliphatic carbocycles. The third kappa shape index (κ3) is 2.10. The van der Waals surface area contributed by atoms with Crippen LogP contribution in [0, 0.1) is 18.3 Å². The standard InChI is InChI=1S/C15H12N2O3S/c1-2-5-17-10-6-11-12(20-8-19-11)7-13(10)21-15(17)16-14(18)9-3-4-9/h1,6-7,9H,3-5,8H2. The smallest absolute Gasteiger partial charge is 0.251 e. The molecule has 0 spiro atoms. The van der Waals surface area contributed by atoms with Crippen LogP contribution in [-0.2, 0) is 11.3 Å². The molecule has 4 rings (SSSR count). The number of fused-ring (bicyclic) bond motifs is 2. The molecule has 1 aliphatic heterocycles. The van der Waals surface area contributed by atoms with Crippen molar-refractivity contribution in [2.45, 2.75) is 19.4 Å². The van der Waals surface area contributed by atoms with E-state index in [4.69, 9.17) is 15.9 Å². The zero-order valence-corrected chi connectivity index (χ0v) is 12.0. The number of thiazole rings is 1. The van der Waals surface area contributed by atoms with Gasteiger partial charge in [-0.15, -0.1) is 6.42 Å². The molecule has 0 bridgehead atoms. The lowest BCUT2D eigenvalue weighted by Crippen LogP contribution is -2.16. The van der Waals surface area contributed by atoms with Crippen LogP contribution in [0.1, 0.15) is 12.8 Å². The van der Waals surface area contributed by atoms with E-state index in [0.717, 1.165) is 28.8 Å². The maximum atomic E-state index is 11.9. The van der Waals surface area contributed by atoms with Crippen molar-refractivity contribution in [1.82, 2.24) is 4.57 Å². The van der Waals surface area contributed by atoms with Crippen LogP contribution in [0.15, 0.2) is 17.1 Å². The Morgan fingerprint density at radius 3 is 2.90 bits per heavy atom. The monoisotopic (exact) mass is 300 g/mol. The minimum absolute atomic E-state index is 0.0487. The largest absolute Gasteiger partial charge is 0.454 e. The third-order valence-corrected chi connectivity index (χ3v) is 4.60. The number of ether oxygens (including phenoxy) is 2. The molecule has 0 atom stereocenters. The van der Waals surface area contributed by atoms with E-state index in [1.807, 2.05) is 16.7 Å². The molecule has 106 valence electrons. The zero-order valence-electron chi connectivity index (χ0n) is 11.2. The van der Waals surface area contributed by atoms with Gasteiger partial charge in [0.25, 0.3) is 5.91 Å². The lowest BCUT2D eigenvalue weighted by molar-refractivity contribution is -0.119. The van der Waals surface area contributed by atoms with E-state index in [2.05, 4.69) is 10.9 Å². The van der Waals surface area contributed by atoms with Crippen LogP contribution in [0.3, 0.4) is 0 Å². The van der Waals surface area contributed by atoms with Gasteiger partial charge in [-0.05, 0) is 12.8 Å². The fourth-order valence-corrected chi connectivity index (χ4v) is 3.35. The molecule has 1 aromatic carbocycles. The summed E-state index contributed by atoms with van der Waals surface area (Å²) in [5.41, 5.74) is 0.921. The average molecular weight is 300 g/mol. The summed E-state index contributed by atoms with van der Waals surface area (Å²) in [6.07, 6.45) is 7.33. The highest BCUT2D eigenvalue weighted by molar-refractivity contribution is 7.16. The second-order valence-corrected chi connectivity index (χ2v) is 6.08. The van der Waals surface area contributed by atoms with Crippen molar-refractivity contribution in [3.8, 4) is 23.8 Å². The number of nitrogens with zero attached hydrogens (tertiary/aromatic N) is 2. The number of terminal acetylenes is 1. The number of carbonyl (C=O) groups excluding carboxylic acids is 1. The quantitative estimate of drug-likeness (QED) is 0.796. The first-order valence-corrected chi connectivity index (χ1v) is 7.53. The molecule has 6 heteroatoms. The van der Waals surface area contributed by atoms with Gasteiger partial charge in [-0.1, -0.05) is 17.3 Å². The number of carbonyl (C=O) groups is 1. The number of amides is 1. The molecule has 21 heavy (non-hydrogen) atoms. The van der Waals surface area contributed by atoms with Gasteiger partial charge >= 0.3 is 0 Å². The number of hydrogen-bond donors (Lipinski definition) is 0. The van der Waals surface area contributed by atoms with Crippen LogP contribution in [-0.4, -0.2) is 17.3 Å². The van der Waals surface area contributed by atoms with Gasteiger partial charge < -0.3 is 14.0 Å². The highest BCUT2D eigenvalue weighted by Crippen LogP contribution is 2.37. The highest BCUT2D eigenvalue weighted by Gasteiger charge is 2.29. The lowest BCUT2D eigenvalue weighted by atomic mass is 10.3. The Morgan fingerprint density at radius 2 is 2.19 bits per heavy atom. The van der Waals surface area contributed by atoms with Crippen molar-refractivity contribution < 1.29 is 14.3 Å². The van der Waals surface area contributed by atoms with Crippen LogP contribution in [0.5, 0.6) is 11.5 Å². The van der Waals surface area contributed by atoms with Crippen molar-refractivity contribution in [3.63, 3.8) is 0 Å². The topological polar surface area (TPSA) is 52.8 Å². The van der Waals surface area contributed by atoms with Crippen LogP contribution >= 0.6 is 11.3 Å². The number of hydrogen-bond acceptors (Lipinski definition) is 4. The Kier molecular flexibility index (Phi) is 2.76. The lowest BCUT2D eigenvalue weighted by Gasteiger charge is -2.01. The number of aromatic nitrogens is 1. The van der Waals surface area contributed by atoms with Crippen molar-refractivity contribution >= 4 is 27.5 Å². The fourth-order valence-electron chi connectivity index (χ4n) is 2.30. The van der Waals surface area contributed by atoms with Crippen molar-refractivity contribution in [2.24, 2.45) is 10.9 Å². The van der Waals surface area contributed by atoms with Gasteiger partial charge in [-0.2, -0.15) is 4.99 Å². The van der Waals surface area contributed by atoms with Gasteiger partial charge in [0.15, 0.2) is 16.3 Å². The van der Waals surface area contributed by atoms with Crippen molar-refractivity contribution in [2.75, 3.05) is 6.79 Å². The first-order chi connectivity index (χ1) is 10.3. The molecule has 0 N–H and O–H groups in total. The predicted octanol–water partition coefficient (Wildman–Crippen LogP) is 1.90. The predicted molar refractivity (Wildman–Crippen MR) is 78.1 cm³/mol. The molecule has 1 fully saturated rings. The Bertz CT molecular complexity index is 852. The van der Waals surface area contributed by atoms with E-state index in [0.29, 0.717) is 17.1 Å². The van der Waals surface area contributed by atoms with E-state index in [1.165, 1.54) is 11.3 Å². The summed E-state index contributed by atoms with van der Waals surface area (Å²) in [5.74, 6) is 4.09. The molecule has 1 aromatic heterocycles. The molecule has 1 saturated carbocycles. The highest BCUT2D eigenvalue weighted by atomic mass is 32.1. The Hall–Kier alpha value is -2.26. The summed E-state index contributed by atoms with van der Waals surface area (Å²) >= 11 is 1.45. The Labute approximate surface area is 124 Å². The molecule has 2 aliphatic rings. The van der Waals surface area contributed by atoms with Crippen LogP contribution in [0.4, 0.5) is 0 Å². The summed E-state index contributed by atoms with van der Waals surface area (Å²) in [6.45, 7) is 0.607. The second-order valence-electron chi connectivity index (χ2n) is 5.07. The number of benzene rings is 1. The molecule has 2 aromatic rings. The summed E-state index contributed by atoms with van der Waals surface area (Å²) in [4.78, 5) is 16.8. The van der Waals surface area contributed by atoms with Gasteiger partial charge in [0, 0.05) is 18.1 Å². The maximum absolute atomic E-state index is 11.9. The maximum Gasteiger partial charge on any atom is 0.251 e. The SMILES string of the molecule is C#CCn1c(=NC(=O)C2CC2)sc2cc3c(cc21)OCO3. The zero-order chi connectivity index (χ0) is 14.4. The van der Waals surface area contributed by atoms with E-state index in [-0.39, 0.29) is 18.6 Å². The molecular weight excluding hydrogens is 288 g/mol. The third-order valence-electron chi connectivity index (χ3n) is 3.56. The van der Waals surface area contributed by atoms with Crippen LogP contribution in [0.25, 0.3) is 10.2 Å². The van der Waals surface area contributed by atoms with E-state index in [9.17, 15) is 4.79 Å². The molecule has 0 saturated heterocycles. The Morgan fingerprint density at radius 1 is 1.43 bits per heavy atom. The summed E-state index contributed by atoms with van der Waals surface area (Å²) in [7, 11) is 0. The fraction of sp³-hybridized carbons (Fsp3) is 0.333. The van der Waals surface area contributed by atoms with Gasteiger partial charge in [0.1, 0.15) is 0 Å². The van der Waals surface area contributed by atoms with Gasteiger partial charge in [0.2, 0.25) is 6.79 Å². The molecular formula is C15H12N2O3S. The van der Waals surface area contributed by atoms with Crippen molar-refractivity contribution in [1.29, 1.82) is 0 Å². The summed E-state index contributed by atoms with van der Waals surface area (Å²) < 4.78 is 13.6. The van der Waals surface area contributed by atoms with Crippen molar-refractivity contribution in [3.05, 3.63) is 16.9 Å². The molecule has 2 heterocycles. The van der Waals surface area contributed by atoms with Gasteiger partial charge in [-0.25, -0.2) is 0 Å². The second kappa shape index (κ2) is 4.64. The first-order valence-electron chi connectivity index (χ1n) is 6.71. The average Bonchev–Trinajstić information content (AvgIpc) is 3.15. The minimum Gasteiger partial charge on any atom is -0.454 e. The molecule has 0 unspecified atom stereocenters. The molecule has 1 amide bonds. The van der Waals surface area contributed by atoms with Crippen LogP contribution < -0.4 is 14.3 Å². The normalized spacial score (nSPS) is 17.2. The molecule has 5 nitrogen and oxygen atoms in total. The Balaban J connectivity index is 1.92. The van der Waals surface area contributed by atoms with E-state index < -0.39 is 0 Å². The summed E-state index contributed by atoms with van der Waals surface area (Å²) in [5, 5.41) is 0. The summed E-state index contributed by atoms with van der Waals surface area (Å²) in [6, 6.07) is 3.81. The van der Waals surface area contributed by atoms with Gasteiger partial charge in [0.05, 0.1) is 16.8 Å². The molecule has 0 radical (unpaired) electrons.